The van der Waals surface area contributed by atoms with Crippen molar-refractivity contribution in [3.63, 3.8) is 0 Å². The first-order chi connectivity index (χ1) is 7.20. The van der Waals surface area contributed by atoms with Crippen molar-refractivity contribution in [2.75, 3.05) is 18.0 Å². The fraction of sp³-hybridized carbons (Fsp3) is 0.538. The third-order valence-corrected chi connectivity index (χ3v) is 3.22. The number of benzene rings is 1. The van der Waals surface area contributed by atoms with Gasteiger partial charge in [-0.15, -0.1) is 0 Å². The molecule has 0 spiro atoms. The van der Waals surface area contributed by atoms with Crippen molar-refractivity contribution in [3.05, 3.63) is 29.8 Å². The number of hydrogen-bond acceptors (Lipinski definition) is 2. The van der Waals surface area contributed by atoms with Gasteiger partial charge in [-0.3, -0.25) is 0 Å². The molecule has 82 valence electrons. The SMILES string of the molecule is Cc1ccccc1N1[C@H](C)CNC[C@@H]1C. The maximum atomic E-state index is 3.46. The van der Waals surface area contributed by atoms with Gasteiger partial charge in [-0.1, -0.05) is 18.2 Å². The van der Waals surface area contributed by atoms with E-state index in [-0.39, 0.29) is 0 Å². The minimum Gasteiger partial charge on any atom is -0.363 e. The highest BCUT2D eigenvalue weighted by Gasteiger charge is 2.25. The van der Waals surface area contributed by atoms with Crippen molar-refractivity contribution in [1.29, 1.82) is 0 Å². The first-order valence-corrected chi connectivity index (χ1v) is 5.75. The quantitative estimate of drug-likeness (QED) is 0.754. The van der Waals surface area contributed by atoms with Crippen molar-refractivity contribution < 1.29 is 0 Å². The molecule has 1 fully saturated rings. The van der Waals surface area contributed by atoms with Gasteiger partial charge in [0.2, 0.25) is 0 Å². The molecule has 2 heteroatoms. The van der Waals surface area contributed by atoms with Crippen LogP contribution >= 0.6 is 0 Å². The number of para-hydroxylation sites is 1. The largest absolute Gasteiger partial charge is 0.363 e. The predicted octanol–water partition coefficient (Wildman–Crippen LogP) is 2.18. The average Bonchev–Trinajstić information content (AvgIpc) is 2.20. The second-order valence-corrected chi connectivity index (χ2v) is 4.55. The van der Waals surface area contributed by atoms with E-state index < -0.39 is 0 Å². The summed E-state index contributed by atoms with van der Waals surface area (Å²) in [5, 5.41) is 3.46. The van der Waals surface area contributed by atoms with E-state index in [1.165, 1.54) is 11.3 Å². The van der Waals surface area contributed by atoms with E-state index in [0.29, 0.717) is 12.1 Å². The monoisotopic (exact) mass is 204 g/mol. The van der Waals surface area contributed by atoms with Gasteiger partial charge in [-0.25, -0.2) is 0 Å². The van der Waals surface area contributed by atoms with E-state index in [4.69, 9.17) is 0 Å². The van der Waals surface area contributed by atoms with Crippen LogP contribution in [0.15, 0.2) is 24.3 Å². The molecule has 0 aliphatic carbocycles. The summed E-state index contributed by atoms with van der Waals surface area (Å²) < 4.78 is 0. The normalized spacial score (nSPS) is 26.7. The van der Waals surface area contributed by atoms with E-state index in [1.54, 1.807) is 0 Å². The van der Waals surface area contributed by atoms with Crippen LogP contribution in [0.3, 0.4) is 0 Å². The number of nitrogens with zero attached hydrogens (tertiary/aromatic N) is 1. The predicted molar refractivity (Wildman–Crippen MR) is 65.5 cm³/mol. The third-order valence-electron chi connectivity index (χ3n) is 3.22. The van der Waals surface area contributed by atoms with Gasteiger partial charge in [0.25, 0.3) is 0 Å². The molecule has 1 saturated heterocycles. The van der Waals surface area contributed by atoms with Gasteiger partial charge in [0.05, 0.1) is 0 Å². The van der Waals surface area contributed by atoms with Crippen molar-refractivity contribution >= 4 is 5.69 Å². The van der Waals surface area contributed by atoms with Gasteiger partial charge in [0.1, 0.15) is 0 Å². The van der Waals surface area contributed by atoms with E-state index in [0.717, 1.165) is 13.1 Å². The number of nitrogens with one attached hydrogen (secondary N) is 1. The van der Waals surface area contributed by atoms with E-state index in [1.807, 2.05) is 0 Å². The topological polar surface area (TPSA) is 15.3 Å². The molecular formula is C13H20N2. The second kappa shape index (κ2) is 4.23. The Bertz CT molecular complexity index is 325. The molecule has 1 N–H and O–H groups in total. The number of piperazine rings is 1. The fourth-order valence-electron chi connectivity index (χ4n) is 2.46. The summed E-state index contributed by atoms with van der Waals surface area (Å²) in [6.07, 6.45) is 0. The van der Waals surface area contributed by atoms with E-state index >= 15 is 0 Å². The Labute approximate surface area is 92.3 Å². The molecule has 0 radical (unpaired) electrons. The van der Waals surface area contributed by atoms with Crippen LogP contribution in [0.5, 0.6) is 0 Å². The third kappa shape index (κ3) is 2.00. The molecule has 1 aromatic carbocycles. The minimum atomic E-state index is 0.579. The van der Waals surface area contributed by atoms with Gasteiger partial charge in [-0.2, -0.15) is 0 Å². The summed E-state index contributed by atoms with van der Waals surface area (Å²) in [5.74, 6) is 0. The highest BCUT2D eigenvalue weighted by Crippen LogP contribution is 2.25. The van der Waals surface area contributed by atoms with Crippen LogP contribution in [0, 0.1) is 6.92 Å². The van der Waals surface area contributed by atoms with Crippen LogP contribution in [0.4, 0.5) is 5.69 Å². The lowest BCUT2D eigenvalue weighted by atomic mass is 10.1. The summed E-state index contributed by atoms with van der Waals surface area (Å²) in [5.41, 5.74) is 2.76. The molecule has 0 saturated carbocycles. The zero-order valence-corrected chi connectivity index (χ0v) is 9.83. The van der Waals surface area contributed by atoms with Crippen molar-refractivity contribution in [2.24, 2.45) is 0 Å². The standard InChI is InChI=1S/C13H20N2/c1-10-6-4-5-7-13(10)15-11(2)8-14-9-12(15)3/h4-7,11-12,14H,8-9H2,1-3H3/t11-,12+. The van der Waals surface area contributed by atoms with Gasteiger partial charge in [0, 0.05) is 30.9 Å². The maximum absolute atomic E-state index is 3.46. The van der Waals surface area contributed by atoms with Gasteiger partial charge in [0.15, 0.2) is 0 Å². The van der Waals surface area contributed by atoms with Crippen LogP contribution in [-0.4, -0.2) is 25.2 Å². The molecule has 2 nitrogen and oxygen atoms in total. The molecule has 2 rings (SSSR count). The molecule has 0 aromatic heterocycles. The fourth-order valence-corrected chi connectivity index (χ4v) is 2.46. The molecule has 2 atom stereocenters. The number of aryl methyl sites for hydroxylation is 1. The lowest BCUT2D eigenvalue weighted by molar-refractivity contribution is 0.431. The van der Waals surface area contributed by atoms with E-state index in [9.17, 15) is 0 Å². The van der Waals surface area contributed by atoms with Crippen molar-refractivity contribution in [1.82, 2.24) is 5.32 Å². The second-order valence-electron chi connectivity index (χ2n) is 4.55. The number of rotatable bonds is 1. The summed E-state index contributed by atoms with van der Waals surface area (Å²) in [7, 11) is 0. The van der Waals surface area contributed by atoms with Gasteiger partial charge < -0.3 is 10.2 Å². The molecule has 15 heavy (non-hydrogen) atoms. The zero-order valence-electron chi connectivity index (χ0n) is 9.83. The Hall–Kier alpha value is -1.02. The van der Waals surface area contributed by atoms with Crippen LogP contribution in [-0.2, 0) is 0 Å². The Morgan fingerprint density at radius 2 is 1.73 bits per heavy atom. The molecular weight excluding hydrogens is 184 g/mol. The van der Waals surface area contributed by atoms with E-state index in [2.05, 4.69) is 55.3 Å². The summed E-state index contributed by atoms with van der Waals surface area (Å²) >= 11 is 0. The van der Waals surface area contributed by atoms with Gasteiger partial charge in [-0.05, 0) is 32.4 Å². The van der Waals surface area contributed by atoms with Crippen LogP contribution in [0.25, 0.3) is 0 Å². The molecule has 0 unspecified atom stereocenters. The molecule has 1 aromatic rings. The van der Waals surface area contributed by atoms with Crippen LogP contribution < -0.4 is 10.2 Å². The lowest BCUT2D eigenvalue weighted by Crippen LogP contribution is -2.55. The average molecular weight is 204 g/mol. The van der Waals surface area contributed by atoms with Gasteiger partial charge >= 0.3 is 0 Å². The maximum Gasteiger partial charge on any atom is 0.0401 e. The highest BCUT2D eigenvalue weighted by molar-refractivity contribution is 5.55. The Balaban J connectivity index is 2.31. The smallest absolute Gasteiger partial charge is 0.0401 e. The molecule has 1 aliphatic rings. The lowest BCUT2D eigenvalue weighted by Gasteiger charge is -2.42. The summed E-state index contributed by atoms with van der Waals surface area (Å²) in [6, 6.07) is 9.81. The first-order valence-electron chi connectivity index (χ1n) is 5.75. The zero-order chi connectivity index (χ0) is 10.8. The summed E-state index contributed by atoms with van der Waals surface area (Å²) in [4.78, 5) is 2.53. The Morgan fingerprint density at radius 3 is 2.33 bits per heavy atom. The van der Waals surface area contributed by atoms with Crippen LogP contribution in [0.2, 0.25) is 0 Å². The summed E-state index contributed by atoms with van der Waals surface area (Å²) in [6.45, 7) is 8.93. The number of anilines is 1. The van der Waals surface area contributed by atoms with Crippen molar-refractivity contribution in [3.8, 4) is 0 Å². The Morgan fingerprint density at radius 1 is 1.13 bits per heavy atom. The Kier molecular flexibility index (Phi) is 2.96. The minimum absolute atomic E-state index is 0.579. The molecule has 0 amide bonds. The van der Waals surface area contributed by atoms with Crippen LogP contribution in [0.1, 0.15) is 19.4 Å². The molecule has 1 heterocycles. The molecule has 0 bridgehead atoms. The highest BCUT2D eigenvalue weighted by atomic mass is 15.2. The number of hydrogen-bond donors (Lipinski definition) is 1. The first kappa shape index (κ1) is 10.5. The van der Waals surface area contributed by atoms with Crippen molar-refractivity contribution in [2.45, 2.75) is 32.9 Å². The molecule has 1 aliphatic heterocycles.